The van der Waals surface area contributed by atoms with Gasteiger partial charge >= 0.3 is 0 Å². The lowest BCUT2D eigenvalue weighted by atomic mass is 9.97. The molecule has 0 aromatic rings. The van der Waals surface area contributed by atoms with Crippen LogP contribution in [0.5, 0.6) is 0 Å². The fourth-order valence-electron chi connectivity index (χ4n) is 3.78. The molecule has 0 saturated carbocycles. The summed E-state index contributed by atoms with van der Waals surface area (Å²) in [5.74, 6) is 0.942. The summed E-state index contributed by atoms with van der Waals surface area (Å²) in [6.07, 6.45) is 9.28. The molecule has 0 aliphatic carbocycles. The zero-order chi connectivity index (χ0) is 18.7. The first-order chi connectivity index (χ1) is 12.1. The lowest BCUT2D eigenvalue weighted by molar-refractivity contribution is -0.138. The molecule has 25 heavy (non-hydrogen) atoms. The predicted molar refractivity (Wildman–Crippen MR) is 104 cm³/mol. The van der Waals surface area contributed by atoms with E-state index in [0.29, 0.717) is 24.9 Å². The van der Waals surface area contributed by atoms with Gasteiger partial charge in [0.05, 0.1) is 0 Å². The molecule has 1 saturated heterocycles. The number of hydrogen-bond acceptors (Lipinski definition) is 2. The smallest absolute Gasteiger partial charge is 0.225 e. The molecule has 1 fully saturated rings. The van der Waals surface area contributed by atoms with Crippen LogP contribution in [0.25, 0.3) is 0 Å². The van der Waals surface area contributed by atoms with Gasteiger partial charge in [0.15, 0.2) is 0 Å². The monoisotopic (exact) mass is 352 g/mol. The van der Waals surface area contributed by atoms with Gasteiger partial charge in [-0.25, -0.2) is 0 Å². The highest BCUT2D eigenvalue weighted by Gasteiger charge is 2.28. The van der Waals surface area contributed by atoms with E-state index in [0.717, 1.165) is 70.9 Å². The van der Waals surface area contributed by atoms with Crippen LogP contribution in [-0.4, -0.2) is 47.8 Å². The first kappa shape index (κ1) is 22.0. The van der Waals surface area contributed by atoms with Crippen molar-refractivity contribution in [3.63, 3.8) is 0 Å². The number of carbonyl (C=O) groups excluding carboxylic acids is 2. The van der Waals surface area contributed by atoms with Crippen LogP contribution >= 0.6 is 0 Å². The Hall–Kier alpha value is -1.06. The van der Waals surface area contributed by atoms with Gasteiger partial charge in [0.1, 0.15) is 0 Å². The van der Waals surface area contributed by atoms with Crippen LogP contribution in [0.4, 0.5) is 0 Å². The third kappa shape index (κ3) is 6.99. The molecule has 4 nitrogen and oxygen atoms in total. The van der Waals surface area contributed by atoms with Crippen molar-refractivity contribution in [2.45, 2.75) is 85.5 Å². The van der Waals surface area contributed by atoms with Gasteiger partial charge in [0.2, 0.25) is 11.8 Å². The van der Waals surface area contributed by atoms with E-state index in [4.69, 9.17) is 0 Å². The first-order valence-corrected chi connectivity index (χ1v) is 10.7. The average Bonchev–Trinajstić information content (AvgIpc) is 2.88. The van der Waals surface area contributed by atoms with Crippen LogP contribution in [-0.2, 0) is 9.59 Å². The molecule has 0 radical (unpaired) electrons. The zero-order valence-electron chi connectivity index (χ0n) is 17.1. The number of hydrogen-bond donors (Lipinski definition) is 0. The highest BCUT2D eigenvalue weighted by molar-refractivity contribution is 5.80. The minimum absolute atomic E-state index is 0.162. The lowest BCUT2D eigenvalue weighted by Gasteiger charge is -2.27. The molecule has 0 unspecified atom stereocenters. The van der Waals surface area contributed by atoms with Crippen molar-refractivity contribution < 1.29 is 9.59 Å². The average molecular weight is 353 g/mol. The van der Waals surface area contributed by atoms with Gasteiger partial charge in [0, 0.05) is 38.0 Å². The first-order valence-electron chi connectivity index (χ1n) is 10.7. The molecule has 2 amide bonds. The highest BCUT2D eigenvalue weighted by Crippen LogP contribution is 2.20. The Balaban J connectivity index is 2.59. The Labute approximate surface area is 155 Å². The standard InChI is InChI=1S/C21H40N2O2/c1-5-9-12-18(7-3)20(24)22-14-11-15-23(17-16-22)21(25)19(8-4)13-10-6-2/h18-19H,5-17H2,1-4H3/t18-,19-/m1/s1. The Bertz CT molecular complexity index is 361. The summed E-state index contributed by atoms with van der Waals surface area (Å²) in [6.45, 7) is 11.6. The van der Waals surface area contributed by atoms with E-state index in [1.165, 1.54) is 0 Å². The van der Waals surface area contributed by atoms with E-state index in [2.05, 4.69) is 27.7 Å². The minimum atomic E-state index is 0.162. The van der Waals surface area contributed by atoms with Crippen LogP contribution < -0.4 is 0 Å². The summed E-state index contributed by atoms with van der Waals surface area (Å²) in [5, 5.41) is 0. The molecule has 0 aromatic heterocycles. The Kier molecular flexibility index (Phi) is 10.8. The van der Waals surface area contributed by atoms with E-state index in [9.17, 15) is 9.59 Å². The van der Waals surface area contributed by atoms with Crippen LogP contribution in [0.15, 0.2) is 0 Å². The topological polar surface area (TPSA) is 40.6 Å². The molecule has 146 valence electrons. The largest absolute Gasteiger partial charge is 0.341 e. The second-order valence-corrected chi connectivity index (χ2v) is 7.50. The van der Waals surface area contributed by atoms with Crippen molar-refractivity contribution in [3.05, 3.63) is 0 Å². The number of amides is 2. The van der Waals surface area contributed by atoms with Crippen molar-refractivity contribution in [1.82, 2.24) is 9.80 Å². The maximum atomic E-state index is 12.8. The van der Waals surface area contributed by atoms with Crippen molar-refractivity contribution in [2.24, 2.45) is 11.8 Å². The fraction of sp³-hybridized carbons (Fsp3) is 0.905. The van der Waals surface area contributed by atoms with E-state index < -0.39 is 0 Å². The Morgan fingerprint density at radius 3 is 1.44 bits per heavy atom. The molecule has 0 bridgehead atoms. The molecular formula is C21H40N2O2. The lowest BCUT2D eigenvalue weighted by Crippen LogP contribution is -2.41. The van der Waals surface area contributed by atoms with Gasteiger partial charge < -0.3 is 9.80 Å². The summed E-state index contributed by atoms with van der Waals surface area (Å²) in [4.78, 5) is 29.7. The number of rotatable bonds is 10. The molecule has 2 atom stereocenters. The van der Waals surface area contributed by atoms with Crippen LogP contribution in [0.2, 0.25) is 0 Å². The summed E-state index contributed by atoms with van der Waals surface area (Å²) in [6, 6.07) is 0. The van der Waals surface area contributed by atoms with Gasteiger partial charge in [-0.2, -0.15) is 0 Å². The van der Waals surface area contributed by atoms with Gasteiger partial charge in [0.25, 0.3) is 0 Å². The van der Waals surface area contributed by atoms with Crippen molar-refractivity contribution in [1.29, 1.82) is 0 Å². The second-order valence-electron chi connectivity index (χ2n) is 7.50. The van der Waals surface area contributed by atoms with Crippen LogP contribution in [0.3, 0.4) is 0 Å². The SMILES string of the molecule is CCCC[C@@H](CC)C(=O)N1CCCN(C(=O)[C@H](CC)CCCC)CC1. The van der Waals surface area contributed by atoms with E-state index in [1.807, 2.05) is 9.80 Å². The number of carbonyl (C=O) groups is 2. The van der Waals surface area contributed by atoms with Crippen molar-refractivity contribution in [2.75, 3.05) is 26.2 Å². The molecule has 0 spiro atoms. The normalized spacial score (nSPS) is 17.9. The van der Waals surface area contributed by atoms with Gasteiger partial charge in [-0.15, -0.1) is 0 Å². The summed E-state index contributed by atoms with van der Waals surface area (Å²) >= 11 is 0. The molecule has 1 heterocycles. The van der Waals surface area contributed by atoms with Gasteiger partial charge in [-0.1, -0.05) is 53.4 Å². The molecular weight excluding hydrogens is 312 g/mol. The fourth-order valence-corrected chi connectivity index (χ4v) is 3.78. The van der Waals surface area contributed by atoms with E-state index in [-0.39, 0.29) is 11.8 Å². The molecule has 0 aromatic carbocycles. The molecule has 0 N–H and O–H groups in total. The zero-order valence-corrected chi connectivity index (χ0v) is 17.1. The third-order valence-electron chi connectivity index (χ3n) is 5.62. The van der Waals surface area contributed by atoms with Crippen molar-refractivity contribution >= 4 is 11.8 Å². The van der Waals surface area contributed by atoms with Crippen LogP contribution in [0, 0.1) is 11.8 Å². The second kappa shape index (κ2) is 12.3. The third-order valence-corrected chi connectivity index (χ3v) is 5.62. The van der Waals surface area contributed by atoms with Crippen LogP contribution in [0.1, 0.15) is 85.5 Å². The van der Waals surface area contributed by atoms with Gasteiger partial charge in [-0.05, 0) is 32.1 Å². The molecule has 4 heteroatoms. The van der Waals surface area contributed by atoms with E-state index in [1.54, 1.807) is 0 Å². The minimum Gasteiger partial charge on any atom is -0.341 e. The number of nitrogens with zero attached hydrogens (tertiary/aromatic N) is 2. The number of unbranched alkanes of at least 4 members (excludes halogenated alkanes) is 2. The summed E-state index contributed by atoms with van der Waals surface area (Å²) < 4.78 is 0. The van der Waals surface area contributed by atoms with E-state index >= 15 is 0 Å². The van der Waals surface area contributed by atoms with Gasteiger partial charge in [-0.3, -0.25) is 9.59 Å². The quantitative estimate of drug-likeness (QED) is 0.581. The Morgan fingerprint density at radius 2 is 1.12 bits per heavy atom. The maximum Gasteiger partial charge on any atom is 0.225 e. The molecule has 1 aliphatic heterocycles. The molecule has 1 rings (SSSR count). The Morgan fingerprint density at radius 1 is 0.720 bits per heavy atom. The molecule has 1 aliphatic rings. The van der Waals surface area contributed by atoms with Crippen molar-refractivity contribution in [3.8, 4) is 0 Å². The summed E-state index contributed by atoms with van der Waals surface area (Å²) in [7, 11) is 0. The summed E-state index contributed by atoms with van der Waals surface area (Å²) in [5.41, 5.74) is 0. The highest BCUT2D eigenvalue weighted by atomic mass is 16.2. The maximum absolute atomic E-state index is 12.8. The predicted octanol–water partition coefficient (Wildman–Crippen LogP) is 4.48.